The lowest BCUT2D eigenvalue weighted by molar-refractivity contribution is -0.114. The van der Waals surface area contributed by atoms with E-state index in [0.29, 0.717) is 29.4 Å². The van der Waals surface area contributed by atoms with Gasteiger partial charge in [0.15, 0.2) is 0 Å². The molecule has 0 heterocycles. The van der Waals surface area contributed by atoms with Crippen LogP contribution in [0.25, 0.3) is 0 Å². The minimum atomic E-state index is -0.399. The fourth-order valence-electron chi connectivity index (χ4n) is 2.28. The van der Waals surface area contributed by atoms with Gasteiger partial charge in [0.1, 0.15) is 11.5 Å². The van der Waals surface area contributed by atoms with Gasteiger partial charge in [0, 0.05) is 24.7 Å². The van der Waals surface area contributed by atoms with E-state index in [0.717, 1.165) is 5.56 Å². The van der Waals surface area contributed by atoms with E-state index in [1.165, 1.54) is 14.0 Å². The van der Waals surface area contributed by atoms with Gasteiger partial charge in [-0.05, 0) is 24.3 Å². The molecule has 132 valence electrons. The van der Waals surface area contributed by atoms with Gasteiger partial charge < -0.3 is 25.4 Å². The monoisotopic (exact) mass is 343 g/mol. The predicted molar refractivity (Wildman–Crippen MR) is 96.2 cm³/mol. The SMILES string of the molecule is COc1ccccc1CNC(=O)Nc1cc(NC(C)=O)ccc1OC. The number of amides is 3. The molecule has 2 aromatic carbocycles. The summed E-state index contributed by atoms with van der Waals surface area (Å²) in [7, 11) is 3.09. The van der Waals surface area contributed by atoms with Crippen molar-refractivity contribution in [3.63, 3.8) is 0 Å². The number of ether oxygens (including phenoxy) is 2. The third-order valence-electron chi connectivity index (χ3n) is 3.40. The van der Waals surface area contributed by atoms with Crippen molar-refractivity contribution in [3.8, 4) is 11.5 Å². The molecule has 7 nitrogen and oxygen atoms in total. The first-order valence-electron chi connectivity index (χ1n) is 7.66. The summed E-state index contributed by atoms with van der Waals surface area (Å²) in [6.45, 7) is 1.72. The topological polar surface area (TPSA) is 88.7 Å². The van der Waals surface area contributed by atoms with Crippen molar-refractivity contribution < 1.29 is 19.1 Å². The number of hydrogen-bond acceptors (Lipinski definition) is 4. The Hall–Kier alpha value is -3.22. The van der Waals surface area contributed by atoms with Crippen molar-refractivity contribution in [2.24, 2.45) is 0 Å². The fraction of sp³-hybridized carbons (Fsp3) is 0.222. The van der Waals surface area contributed by atoms with Crippen molar-refractivity contribution in [2.75, 3.05) is 24.9 Å². The molecule has 0 saturated carbocycles. The van der Waals surface area contributed by atoms with E-state index in [9.17, 15) is 9.59 Å². The molecule has 2 rings (SSSR count). The first-order chi connectivity index (χ1) is 12.0. The Bertz CT molecular complexity index is 762. The lowest BCUT2D eigenvalue weighted by atomic mass is 10.2. The molecule has 25 heavy (non-hydrogen) atoms. The molecule has 0 aliphatic heterocycles. The maximum absolute atomic E-state index is 12.2. The number of carbonyl (C=O) groups is 2. The van der Waals surface area contributed by atoms with Gasteiger partial charge in [-0.25, -0.2) is 4.79 Å². The number of carbonyl (C=O) groups excluding carboxylic acids is 2. The molecule has 0 unspecified atom stereocenters. The molecule has 0 spiro atoms. The van der Waals surface area contributed by atoms with Gasteiger partial charge in [0.05, 0.1) is 19.9 Å². The van der Waals surface area contributed by atoms with Gasteiger partial charge in [-0.3, -0.25) is 4.79 Å². The maximum atomic E-state index is 12.2. The minimum Gasteiger partial charge on any atom is -0.496 e. The summed E-state index contributed by atoms with van der Waals surface area (Å²) in [6, 6.07) is 12.0. The highest BCUT2D eigenvalue weighted by molar-refractivity contribution is 5.94. The van der Waals surface area contributed by atoms with Crippen LogP contribution in [0.5, 0.6) is 11.5 Å². The average Bonchev–Trinajstić information content (AvgIpc) is 2.60. The molecule has 0 aliphatic carbocycles. The maximum Gasteiger partial charge on any atom is 0.319 e. The van der Waals surface area contributed by atoms with Crippen LogP contribution in [0.15, 0.2) is 42.5 Å². The van der Waals surface area contributed by atoms with Crippen LogP contribution < -0.4 is 25.4 Å². The standard InChI is InChI=1S/C18H21N3O4/c1-12(22)20-14-8-9-17(25-3)15(10-14)21-18(23)19-11-13-6-4-5-7-16(13)24-2/h4-10H,11H2,1-3H3,(H,20,22)(H2,19,21,23). The zero-order valence-corrected chi connectivity index (χ0v) is 14.4. The normalized spacial score (nSPS) is 9.88. The van der Waals surface area contributed by atoms with Crippen LogP contribution in [0.1, 0.15) is 12.5 Å². The zero-order chi connectivity index (χ0) is 18.2. The summed E-state index contributed by atoms with van der Waals surface area (Å²) in [5.41, 5.74) is 1.87. The van der Waals surface area contributed by atoms with Crippen molar-refractivity contribution >= 4 is 23.3 Å². The quantitative estimate of drug-likeness (QED) is 0.752. The Kier molecular flexibility index (Phi) is 6.22. The van der Waals surface area contributed by atoms with E-state index in [-0.39, 0.29) is 5.91 Å². The third kappa shape index (κ3) is 5.13. The second-order valence-electron chi connectivity index (χ2n) is 5.22. The molecule has 0 atom stereocenters. The Labute approximate surface area is 146 Å². The number of benzene rings is 2. The molecule has 0 bridgehead atoms. The molecule has 0 aromatic heterocycles. The summed E-state index contributed by atoms with van der Waals surface area (Å²) in [5, 5.41) is 8.14. The Morgan fingerprint density at radius 3 is 2.36 bits per heavy atom. The summed E-state index contributed by atoms with van der Waals surface area (Å²) >= 11 is 0. The van der Waals surface area contributed by atoms with Crippen molar-refractivity contribution in [3.05, 3.63) is 48.0 Å². The molecule has 0 saturated heterocycles. The van der Waals surface area contributed by atoms with Gasteiger partial charge in [0.25, 0.3) is 0 Å². The first kappa shape index (κ1) is 18.1. The van der Waals surface area contributed by atoms with Crippen molar-refractivity contribution in [2.45, 2.75) is 13.5 Å². The van der Waals surface area contributed by atoms with Gasteiger partial charge in [-0.15, -0.1) is 0 Å². The van der Waals surface area contributed by atoms with Crippen molar-refractivity contribution in [1.29, 1.82) is 0 Å². The van der Waals surface area contributed by atoms with E-state index < -0.39 is 6.03 Å². The van der Waals surface area contributed by atoms with Gasteiger partial charge >= 0.3 is 6.03 Å². The average molecular weight is 343 g/mol. The van der Waals surface area contributed by atoms with Crippen LogP contribution in [0.2, 0.25) is 0 Å². The number of hydrogen-bond donors (Lipinski definition) is 3. The highest BCUT2D eigenvalue weighted by Crippen LogP contribution is 2.27. The van der Waals surface area contributed by atoms with E-state index in [4.69, 9.17) is 9.47 Å². The predicted octanol–water partition coefficient (Wildman–Crippen LogP) is 2.98. The summed E-state index contributed by atoms with van der Waals surface area (Å²) in [6.07, 6.45) is 0. The number of nitrogens with one attached hydrogen (secondary N) is 3. The number of urea groups is 1. The molecule has 0 fully saturated rings. The van der Waals surface area contributed by atoms with Crippen LogP contribution in [-0.4, -0.2) is 26.2 Å². The lowest BCUT2D eigenvalue weighted by Crippen LogP contribution is -2.28. The minimum absolute atomic E-state index is 0.197. The first-order valence-corrected chi connectivity index (χ1v) is 7.66. The molecule has 0 radical (unpaired) electrons. The van der Waals surface area contributed by atoms with E-state index in [1.807, 2.05) is 24.3 Å². The number of para-hydroxylation sites is 1. The van der Waals surface area contributed by atoms with Crippen LogP contribution in [-0.2, 0) is 11.3 Å². The molecule has 3 N–H and O–H groups in total. The van der Waals surface area contributed by atoms with Crippen LogP contribution in [0.4, 0.5) is 16.2 Å². The number of methoxy groups -OCH3 is 2. The lowest BCUT2D eigenvalue weighted by Gasteiger charge is -2.14. The highest BCUT2D eigenvalue weighted by atomic mass is 16.5. The fourth-order valence-corrected chi connectivity index (χ4v) is 2.28. The highest BCUT2D eigenvalue weighted by Gasteiger charge is 2.10. The molecule has 2 aromatic rings. The van der Waals surface area contributed by atoms with Gasteiger partial charge in [-0.1, -0.05) is 18.2 Å². The van der Waals surface area contributed by atoms with Crippen LogP contribution in [0, 0.1) is 0 Å². The summed E-state index contributed by atoms with van der Waals surface area (Å²) < 4.78 is 10.5. The largest absolute Gasteiger partial charge is 0.496 e. The molecular weight excluding hydrogens is 322 g/mol. The smallest absolute Gasteiger partial charge is 0.319 e. The molecule has 7 heteroatoms. The van der Waals surface area contributed by atoms with E-state index >= 15 is 0 Å². The molecule has 3 amide bonds. The van der Waals surface area contributed by atoms with Crippen LogP contribution >= 0.6 is 0 Å². The van der Waals surface area contributed by atoms with Gasteiger partial charge in [0.2, 0.25) is 5.91 Å². The molecule has 0 aliphatic rings. The zero-order valence-electron chi connectivity index (χ0n) is 14.4. The van der Waals surface area contributed by atoms with Crippen molar-refractivity contribution in [1.82, 2.24) is 5.32 Å². The number of rotatable bonds is 6. The summed E-state index contributed by atoms with van der Waals surface area (Å²) in [4.78, 5) is 23.3. The Balaban J connectivity index is 2.05. The summed E-state index contributed by atoms with van der Waals surface area (Å²) in [5.74, 6) is 0.992. The Morgan fingerprint density at radius 2 is 1.68 bits per heavy atom. The third-order valence-corrected chi connectivity index (χ3v) is 3.40. The second kappa shape index (κ2) is 8.58. The second-order valence-corrected chi connectivity index (χ2v) is 5.22. The number of anilines is 2. The van der Waals surface area contributed by atoms with E-state index in [2.05, 4.69) is 16.0 Å². The van der Waals surface area contributed by atoms with Gasteiger partial charge in [-0.2, -0.15) is 0 Å². The van der Waals surface area contributed by atoms with Crippen LogP contribution in [0.3, 0.4) is 0 Å². The Morgan fingerprint density at radius 1 is 0.960 bits per heavy atom. The molecular formula is C18H21N3O4. The van der Waals surface area contributed by atoms with E-state index in [1.54, 1.807) is 25.3 Å².